The molecular weight excluding hydrogens is 517 g/mol. The SMILES string of the molecule is COc1cc(/C=C(\C#N)C(=O)Nc2cc([N+](=O)[O-])ccc2Cl)cc(Cl)c1OCc1ccc(Cl)cc1. The molecule has 0 heterocycles. The molecule has 0 atom stereocenters. The topological polar surface area (TPSA) is 114 Å². The zero-order valence-corrected chi connectivity index (χ0v) is 20.3. The second kappa shape index (κ2) is 11.6. The van der Waals surface area contributed by atoms with Crippen LogP contribution in [0.1, 0.15) is 11.1 Å². The molecule has 3 rings (SSSR count). The lowest BCUT2D eigenvalue weighted by molar-refractivity contribution is -0.384. The maximum Gasteiger partial charge on any atom is 0.271 e. The number of nitriles is 1. The van der Waals surface area contributed by atoms with Gasteiger partial charge in [-0.15, -0.1) is 0 Å². The molecule has 0 spiro atoms. The Balaban J connectivity index is 1.84. The summed E-state index contributed by atoms with van der Waals surface area (Å²) < 4.78 is 11.2. The summed E-state index contributed by atoms with van der Waals surface area (Å²) in [5.41, 5.74) is 0.689. The number of rotatable bonds is 8. The second-order valence-electron chi connectivity index (χ2n) is 6.99. The van der Waals surface area contributed by atoms with Gasteiger partial charge in [0.25, 0.3) is 11.6 Å². The third-order valence-electron chi connectivity index (χ3n) is 4.63. The molecule has 0 radical (unpaired) electrons. The van der Waals surface area contributed by atoms with Crippen LogP contribution in [0.3, 0.4) is 0 Å². The predicted molar refractivity (Wildman–Crippen MR) is 134 cm³/mol. The number of amides is 1. The third-order valence-corrected chi connectivity index (χ3v) is 5.50. The molecule has 11 heteroatoms. The number of benzene rings is 3. The largest absolute Gasteiger partial charge is 0.493 e. The van der Waals surface area contributed by atoms with Crippen LogP contribution in [0.4, 0.5) is 11.4 Å². The van der Waals surface area contributed by atoms with Crippen LogP contribution in [-0.4, -0.2) is 17.9 Å². The number of hydrogen-bond donors (Lipinski definition) is 1. The first-order valence-corrected chi connectivity index (χ1v) is 11.0. The molecule has 0 fully saturated rings. The molecule has 0 aliphatic carbocycles. The summed E-state index contributed by atoms with van der Waals surface area (Å²) in [7, 11) is 1.43. The predicted octanol–water partition coefficient (Wildman–Crippen LogP) is 6.69. The Kier molecular flexibility index (Phi) is 8.55. The van der Waals surface area contributed by atoms with Gasteiger partial charge >= 0.3 is 0 Å². The molecule has 0 bridgehead atoms. The van der Waals surface area contributed by atoms with Crippen molar-refractivity contribution in [1.82, 2.24) is 0 Å². The summed E-state index contributed by atoms with van der Waals surface area (Å²) in [5, 5.41) is 23.8. The number of nitro groups is 1. The lowest BCUT2D eigenvalue weighted by Gasteiger charge is -2.14. The van der Waals surface area contributed by atoms with Crippen molar-refractivity contribution in [3.63, 3.8) is 0 Å². The number of nitro benzene ring substituents is 1. The van der Waals surface area contributed by atoms with Crippen molar-refractivity contribution in [2.45, 2.75) is 6.61 Å². The standard InChI is InChI=1S/C24H16Cl3N3O5/c1-34-22-10-15(9-20(27)23(22)35-13-14-2-4-17(25)5-3-14)8-16(12-28)24(31)29-21-11-18(30(32)33)6-7-19(21)26/h2-11H,13H2,1H3,(H,29,31)/b16-8+. The Morgan fingerprint density at radius 3 is 2.46 bits per heavy atom. The van der Waals surface area contributed by atoms with Crippen LogP contribution in [0, 0.1) is 21.4 Å². The van der Waals surface area contributed by atoms with Crippen molar-refractivity contribution >= 4 is 58.2 Å². The Morgan fingerprint density at radius 1 is 1.11 bits per heavy atom. The van der Waals surface area contributed by atoms with Crippen molar-refractivity contribution in [3.05, 3.63) is 96.5 Å². The van der Waals surface area contributed by atoms with Gasteiger partial charge in [0.1, 0.15) is 18.2 Å². The number of hydrogen-bond acceptors (Lipinski definition) is 6. The van der Waals surface area contributed by atoms with E-state index in [-0.39, 0.29) is 45.1 Å². The van der Waals surface area contributed by atoms with E-state index in [2.05, 4.69) is 5.32 Å². The maximum atomic E-state index is 12.6. The Bertz CT molecular complexity index is 1350. The van der Waals surface area contributed by atoms with E-state index >= 15 is 0 Å². The summed E-state index contributed by atoms with van der Waals surface area (Å²) in [4.78, 5) is 23.0. The highest BCUT2D eigenvalue weighted by atomic mass is 35.5. The van der Waals surface area contributed by atoms with Crippen LogP contribution in [0.25, 0.3) is 6.08 Å². The molecule has 0 saturated carbocycles. The van der Waals surface area contributed by atoms with Gasteiger partial charge in [0.2, 0.25) is 0 Å². The van der Waals surface area contributed by atoms with Gasteiger partial charge in [-0.1, -0.05) is 46.9 Å². The molecule has 0 unspecified atom stereocenters. The van der Waals surface area contributed by atoms with Gasteiger partial charge in [-0.25, -0.2) is 0 Å². The van der Waals surface area contributed by atoms with Gasteiger partial charge in [0, 0.05) is 17.2 Å². The minimum atomic E-state index is -0.812. The molecule has 3 aromatic carbocycles. The van der Waals surface area contributed by atoms with Crippen molar-refractivity contribution in [1.29, 1.82) is 5.26 Å². The van der Waals surface area contributed by atoms with Crippen molar-refractivity contribution in [3.8, 4) is 17.6 Å². The molecule has 0 aliphatic heterocycles. The number of nitrogens with one attached hydrogen (secondary N) is 1. The highest BCUT2D eigenvalue weighted by Gasteiger charge is 2.17. The first kappa shape index (κ1) is 25.8. The van der Waals surface area contributed by atoms with Crippen molar-refractivity contribution in [2.75, 3.05) is 12.4 Å². The van der Waals surface area contributed by atoms with Gasteiger partial charge in [-0.2, -0.15) is 5.26 Å². The third kappa shape index (κ3) is 6.64. The average Bonchev–Trinajstić information content (AvgIpc) is 2.83. The Hall–Kier alpha value is -3.77. The smallest absolute Gasteiger partial charge is 0.271 e. The fourth-order valence-corrected chi connectivity index (χ4v) is 3.49. The Labute approximate surface area is 215 Å². The van der Waals surface area contributed by atoms with Crippen LogP contribution in [0.2, 0.25) is 15.1 Å². The number of carbonyl (C=O) groups excluding carboxylic acids is 1. The van der Waals surface area contributed by atoms with E-state index in [1.165, 1.54) is 31.4 Å². The number of non-ortho nitro benzene ring substituents is 1. The monoisotopic (exact) mass is 531 g/mol. The highest BCUT2D eigenvalue weighted by molar-refractivity contribution is 6.34. The minimum Gasteiger partial charge on any atom is -0.493 e. The van der Waals surface area contributed by atoms with Crippen molar-refractivity contribution < 1.29 is 19.2 Å². The summed E-state index contributed by atoms with van der Waals surface area (Å²) in [6, 6.07) is 15.5. The molecule has 35 heavy (non-hydrogen) atoms. The molecule has 0 aliphatic rings. The van der Waals surface area contributed by atoms with E-state index in [0.717, 1.165) is 11.6 Å². The molecule has 0 aromatic heterocycles. The van der Waals surface area contributed by atoms with Crippen LogP contribution in [0.5, 0.6) is 11.5 Å². The van der Waals surface area contributed by atoms with E-state index in [4.69, 9.17) is 44.3 Å². The van der Waals surface area contributed by atoms with Gasteiger partial charge in [-0.3, -0.25) is 14.9 Å². The van der Waals surface area contributed by atoms with Crippen molar-refractivity contribution in [2.24, 2.45) is 0 Å². The zero-order valence-electron chi connectivity index (χ0n) is 18.1. The molecule has 0 saturated heterocycles. The lowest BCUT2D eigenvalue weighted by Crippen LogP contribution is -2.14. The number of anilines is 1. The molecule has 8 nitrogen and oxygen atoms in total. The molecule has 1 amide bonds. The van der Waals surface area contributed by atoms with E-state index in [9.17, 15) is 20.2 Å². The number of ether oxygens (including phenoxy) is 2. The van der Waals surface area contributed by atoms with E-state index in [0.29, 0.717) is 10.6 Å². The van der Waals surface area contributed by atoms with Gasteiger partial charge < -0.3 is 14.8 Å². The first-order valence-electron chi connectivity index (χ1n) is 9.83. The average molecular weight is 533 g/mol. The highest BCUT2D eigenvalue weighted by Crippen LogP contribution is 2.37. The maximum absolute atomic E-state index is 12.6. The summed E-state index contributed by atoms with van der Waals surface area (Å²) in [6.45, 7) is 0.207. The summed E-state index contributed by atoms with van der Waals surface area (Å²) >= 11 is 18.3. The van der Waals surface area contributed by atoms with E-state index in [1.807, 2.05) is 12.1 Å². The molecule has 3 aromatic rings. The minimum absolute atomic E-state index is 0.00595. The second-order valence-corrected chi connectivity index (χ2v) is 8.25. The van der Waals surface area contributed by atoms with E-state index in [1.54, 1.807) is 24.3 Å². The van der Waals surface area contributed by atoms with Crippen LogP contribution in [0.15, 0.2) is 60.2 Å². The fourth-order valence-electron chi connectivity index (χ4n) is 2.93. The Morgan fingerprint density at radius 2 is 1.83 bits per heavy atom. The van der Waals surface area contributed by atoms with Crippen LogP contribution >= 0.6 is 34.8 Å². The summed E-state index contributed by atoms with van der Waals surface area (Å²) in [6.07, 6.45) is 1.29. The number of carbonyl (C=O) groups is 1. The number of methoxy groups -OCH3 is 1. The van der Waals surface area contributed by atoms with Gasteiger partial charge in [-0.05, 0) is 47.5 Å². The van der Waals surface area contributed by atoms with Gasteiger partial charge in [0.15, 0.2) is 11.5 Å². The number of nitrogens with zero attached hydrogens (tertiary/aromatic N) is 2. The normalized spacial score (nSPS) is 10.9. The van der Waals surface area contributed by atoms with Crippen LogP contribution < -0.4 is 14.8 Å². The van der Waals surface area contributed by atoms with Crippen LogP contribution in [-0.2, 0) is 11.4 Å². The first-order chi connectivity index (χ1) is 16.7. The fraction of sp³-hybridized carbons (Fsp3) is 0.0833. The molecule has 178 valence electrons. The molecular formula is C24H16Cl3N3O5. The van der Waals surface area contributed by atoms with Gasteiger partial charge in [0.05, 0.1) is 27.8 Å². The molecule has 1 N–H and O–H groups in total. The lowest BCUT2D eigenvalue weighted by atomic mass is 10.1. The van der Waals surface area contributed by atoms with E-state index < -0.39 is 10.8 Å². The number of halogens is 3. The quantitative estimate of drug-likeness (QED) is 0.150. The summed E-state index contributed by atoms with van der Waals surface area (Å²) in [5.74, 6) is -0.238. The zero-order chi connectivity index (χ0) is 25.5.